The molecule has 3 aromatic rings. The number of nitrogens with zero attached hydrogens (tertiary/aromatic N) is 3. The molecule has 0 aliphatic heterocycles. The molecule has 0 atom stereocenters. The summed E-state index contributed by atoms with van der Waals surface area (Å²) in [7, 11) is 0. The molecule has 176 valence electrons. The average Bonchev–Trinajstić information content (AvgIpc) is 3.13. The van der Waals surface area contributed by atoms with Gasteiger partial charge in [0.25, 0.3) is 5.91 Å². The highest BCUT2D eigenvalue weighted by Gasteiger charge is 2.17. The van der Waals surface area contributed by atoms with Crippen molar-refractivity contribution in [1.29, 1.82) is 0 Å². The molecule has 6 nitrogen and oxygen atoms in total. The van der Waals surface area contributed by atoms with Crippen molar-refractivity contribution >= 4 is 22.8 Å². The maximum Gasteiger partial charge on any atom is 0.251 e. The first-order valence-corrected chi connectivity index (χ1v) is 12.0. The van der Waals surface area contributed by atoms with E-state index in [9.17, 15) is 9.59 Å². The van der Waals surface area contributed by atoms with E-state index in [1.165, 1.54) is 0 Å². The third kappa shape index (κ3) is 6.21. The zero-order chi connectivity index (χ0) is 23.8. The smallest absolute Gasteiger partial charge is 0.251 e. The molecule has 1 N–H and O–H groups in total. The molecule has 0 spiro atoms. The van der Waals surface area contributed by atoms with Crippen molar-refractivity contribution in [3.8, 4) is 0 Å². The number of hydrogen-bond acceptors (Lipinski definition) is 3. The highest BCUT2D eigenvalue weighted by Crippen LogP contribution is 2.18. The lowest BCUT2D eigenvalue weighted by atomic mass is 10.1. The minimum absolute atomic E-state index is 0.0500. The largest absolute Gasteiger partial charge is 0.352 e. The Labute approximate surface area is 197 Å². The van der Waals surface area contributed by atoms with Crippen LogP contribution in [0.4, 0.5) is 0 Å². The van der Waals surface area contributed by atoms with Crippen LogP contribution >= 0.6 is 0 Å². The Bertz CT molecular complexity index is 1100. The standard InChI is InChI=1S/C27H36N4O2/c1-5-16-30(17-6-2)26(32)19-31-24-11-8-7-10-23(24)29-25(31)12-9-15-28-27(33)22-14-13-20(3)18-21(22)4/h7-8,10-11,13-14,18H,5-6,9,12,15-17,19H2,1-4H3,(H,28,33). The van der Waals surface area contributed by atoms with Crippen LogP contribution in [0.2, 0.25) is 0 Å². The third-order valence-electron chi connectivity index (χ3n) is 5.86. The van der Waals surface area contributed by atoms with Crippen molar-refractivity contribution < 1.29 is 9.59 Å². The number of amides is 2. The monoisotopic (exact) mass is 448 g/mol. The number of para-hydroxylation sites is 2. The molecule has 2 amide bonds. The maximum atomic E-state index is 13.0. The van der Waals surface area contributed by atoms with Crippen LogP contribution in [0.25, 0.3) is 11.0 Å². The van der Waals surface area contributed by atoms with Crippen molar-refractivity contribution in [1.82, 2.24) is 19.8 Å². The van der Waals surface area contributed by atoms with Gasteiger partial charge in [-0.3, -0.25) is 9.59 Å². The van der Waals surface area contributed by atoms with Crippen LogP contribution in [-0.4, -0.2) is 45.9 Å². The van der Waals surface area contributed by atoms with Crippen molar-refractivity contribution in [2.24, 2.45) is 0 Å². The second-order valence-electron chi connectivity index (χ2n) is 8.66. The molecule has 0 saturated heterocycles. The van der Waals surface area contributed by atoms with Crippen LogP contribution in [0.5, 0.6) is 0 Å². The Morgan fingerprint density at radius 2 is 1.76 bits per heavy atom. The third-order valence-corrected chi connectivity index (χ3v) is 5.86. The number of benzene rings is 2. The Kier molecular flexibility index (Phi) is 8.64. The van der Waals surface area contributed by atoms with Crippen LogP contribution in [0.15, 0.2) is 42.5 Å². The first-order valence-electron chi connectivity index (χ1n) is 12.0. The van der Waals surface area contributed by atoms with Gasteiger partial charge in [-0.25, -0.2) is 4.98 Å². The molecule has 0 radical (unpaired) electrons. The van der Waals surface area contributed by atoms with Gasteiger partial charge in [0.15, 0.2) is 0 Å². The number of aromatic nitrogens is 2. The number of carbonyl (C=O) groups excluding carboxylic acids is 2. The van der Waals surface area contributed by atoms with Crippen molar-refractivity contribution in [3.05, 3.63) is 65.0 Å². The molecule has 0 bridgehead atoms. The van der Waals surface area contributed by atoms with E-state index in [0.29, 0.717) is 25.1 Å². The Hall–Kier alpha value is -3.15. The summed E-state index contributed by atoms with van der Waals surface area (Å²) in [5.41, 5.74) is 4.72. The molecule has 0 saturated carbocycles. The van der Waals surface area contributed by atoms with E-state index in [0.717, 1.165) is 60.3 Å². The van der Waals surface area contributed by atoms with Gasteiger partial charge in [0.1, 0.15) is 12.4 Å². The van der Waals surface area contributed by atoms with E-state index in [1.54, 1.807) is 0 Å². The van der Waals surface area contributed by atoms with Crippen LogP contribution < -0.4 is 5.32 Å². The molecule has 1 heterocycles. The number of nitrogens with one attached hydrogen (secondary N) is 1. The van der Waals surface area contributed by atoms with E-state index in [-0.39, 0.29) is 11.8 Å². The Balaban J connectivity index is 1.67. The fraction of sp³-hybridized carbons (Fsp3) is 0.444. The zero-order valence-electron chi connectivity index (χ0n) is 20.4. The van der Waals surface area contributed by atoms with Gasteiger partial charge in [-0.15, -0.1) is 0 Å². The van der Waals surface area contributed by atoms with Gasteiger partial charge in [-0.2, -0.15) is 0 Å². The van der Waals surface area contributed by atoms with Crippen LogP contribution in [0.3, 0.4) is 0 Å². The summed E-state index contributed by atoms with van der Waals surface area (Å²) in [5, 5.41) is 3.02. The second-order valence-corrected chi connectivity index (χ2v) is 8.66. The van der Waals surface area contributed by atoms with Gasteiger partial charge < -0.3 is 14.8 Å². The molecule has 0 aliphatic carbocycles. The van der Waals surface area contributed by atoms with Gasteiger partial charge in [-0.05, 0) is 56.9 Å². The number of rotatable bonds is 11. The summed E-state index contributed by atoms with van der Waals surface area (Å²) >= 11 is 0. The molecule has 0 unspecified atom stereocenters. The summed E-state index contributed by atoms with van der Waals surface area (Å²) in [6, 6.07) is 13.8. The average molecular weight is 449 g/mol. The molecule has 33 heavy (non-hydrogen) atoms. The molecular formula is C27H36N4O2. The molecule has 6 heteroatoms. The molecule has 0 fully saturated rings. The van der Waals surface area contributed by atoms with E-state index >= 15 is 0 Å². The summed E-state index contributed by atoms with van der Waals surface area (Å²) in [5.74, 6) is 0.968. The van der Waals surface area contributed by atoms with Gasteiger partial charge >= 0.3 is 0 Å². The number of carbonyl (C=O) groups is 2. The van der Waals surface area contributed by atoms with Crippen LogP contribution in [0.1, 0.15) is 60.4 Å². The first-order chi connectivity index (χ1) is 15.9. The van der Waals surface area contributed by atoms with Gasteiger partial charge in [0.05, 0.1) is 11.0 Å². The predicted molar refractivity (Wildman–Crippen MR) is 133 cm³/mol. The van der Waals surface area contributed by atoms with Crippen molar-refractivity contribution in [2.75, 3.05) is 19.6 Å². The number of hydrogen-bond donors (Lipinski definition) is 1. The fourth-order valence-electron chi connectivity index (χ4n) is 4.24. The molecule has 2 aromatic carbocycles. The SMILES string of the molecule is CCCN(CCC)C(=O)Cn1c(CCCNC(=O)c2ccc(C)cc2C)nc2ccccc21. The van der Waals surface area contributed by atoms with Crippen molar-refractivity contribution in [3.63, 3.8) is 0 Å². The van der Waals surface area contributed by atoms with E-state index in [4.69, 9.17) is 4.98 Å². The zero-order valence-corrected chi connectivity index (χ0v) is 20.4. The second kappa shape index (κ2) is 11.6. The number of fused-ring (bicyclic) bond motifs is 1. The lowest BCUT2D eigenvalue weighted by Gasteiger charge is -2.22. The summed E-state index contributed by atoms with van der Waals surface area (Å²) in [6.07, 6.45) is 3.34. The quantitative estimate of drug-likeness (QED) is 0.434. The fourth-order valence-corrected chi connectivity index (χ4v) is 4.24. The van der Waals surface area contributed by atoms with Crippen LogP contribution in [-0.2, 0) is 17.8 Å². The maximum absolute atomic E-state index is 13.0. The lowest BCUT2D eigenvalue weighted by Crippen LogP contribution is -2.35. The van der Waals surface area contributed by atoms with E-state index < -0.39 is 0 Å². The van der Waals surface area contributed by atoms with Crippen LogP contribution in [0, 0.1) is 13.8 Å². The Morgan fingerprint density at radius 1 is 1.03 bits per heavy atom. The molecule has 3 rings (SSSR count). The summed E-state index contributed by atoms with van der Waals surface area (Å²) in [6.45, 7) is 10.6. The van der Waals surface area contributed by atoms with Gasteiger partial charge in [0.2, 0.25) is 5.91 Å². The normalized spacial score (nSPS) is 11.0. The lowest BCUT2D eigenvalue weighted by molar-refractivity contribution is -0.131. The summed E-state index contributed by atoms with van der Waals surface area (Å²) < 4.78 is 2.04. The first kappa shape index (κ1) is 24.5. The molecule has 0 aliphatic rings. The van der Waals surface area contributed by atoms with Crippen molar-refractivity contribution in [2.45, 2.75) is 59.9 Å². The summed E-state index contributed by atoms with van der Waals surface area (Å²) in [4.78, 5) is 32.3. The predicted octanol–water partition coefficient (Wildman–Crippen LogP) is 4.66. The number of imidazole rings is 1. The van der Waals surface area contributed by atoms with Gasteiger partial charge in [0, 0.05) is 31.6 Å². The van der Waals surface area contributed by atoms with Gasteiger partial charge in [-0.1, -0.05) is 43.7 Å². The Morgan fingerprint density at radius 3 is 2.45 bits per heavy atom. The minimum Gasteiger partial charge on any atom is -0.352 e. The highest BCUT2D eigenvalue weighted by molar-refractivity contribution is 5.95. The van der Waals surface area contributed by atoms with E-state index in [2.05, 4.69) is 19.2 Å². The number of aryl methyl sites for hydroxylation is 3. The highest BCUT2D eigenvalue weighted by atomic mass is 16.2. The topological polar surface area (TPSA) is 67.2 Å². The molecular weight excluding hydrogens is 412 g/mol. The van der Waals surface area contributed by atoms with E-state index in [1.807, 2.05) is 65.8 Å². The minimum atomic E-state index is -0.0500. The molecule has 1 aromatic heterocycles.